The first-order valence-electron chi connectivity index (χ1n) is 8.84. The molecule has 0 spiro atoms. The van der Waals surface area contributed by atoms with Gasteiger partial charge in [-0.2, -0.15) is 0 Å². The Kier molecular flexibility index (Phi) is 5.41. The van der Waals surface area contributed by atoms with Gasteiger partial charge in [0.1, 0.15) is 5.75 Å². The van der Waals surface area contributed by atoms with Crippen LogP contribution in [0.1, 0.15) is 43.4 Å². The van der Waals surface area contributed by atoms with Gasteiger partial charge in [0.2, 0.25) is 5.76 Å². The summed E-state index contributed by atoms with van der Waals surface area (Å²) in [6, 6.07) is 5.38. The fraction of sp³-hybridized carbons (Fsp3) is 0.389. The summed E-state index contributed by atoms with van der Waals surface area (Å²) in [6.07, 6.45) is 0.464. The summed E-state index contributed by atoms with van der Waals surface area (Å²) in [5.41, 5.74) is 0.792. The van der Waals surface area contributed by atoms with Gasteiger partial charge in [0.05, 0.1) is 16.3 Å². The van der Waals surface area contributed by atoms with Crippen LogP contribution in [0.25, 0.3) is 0 Å². The SMILES string of the molecule is CC[C@@H]1Oc2ccc(S(=O)(=O)NC(=O)c3cc(CC(C)C)no3)cc2NC1=O. The first kappa shape index (κ1) is 19.9. The van der Waals surface area contributed by atoms with Crippen molar-refractivity contribution in [2.75, 3.05) is 5.32 Å². The van der Waals surface area contributed by atoms with Gasteiger partial charge in [0.15, 0.2) is 6.10 Å². The van der Waals surface area contributed by atoms with Crippen molar-refractivity contribution in [3.8, 4) is 5.75 Å². The van der Waals surface area contributed by atoms with E-state index in [1.807, 2.05) is 18.6 Å². The maximum Gasteiger partial charge on any atom is 0.303 e. The van der Waals surface area contributed by atoms with E-state index in [4.69, 9.17) is 9.26 Å². The minimum absolute atomic E-state index is 0.194. The van der Waals surface area contributed by atoms with Crippen molar-refractivity contribution in [1.29, 1.82) is 0 Å². The molecule has 28 heavy (non-hydrogen) atoms. The van der Waals surface area contributed by atoms with E-state index < -0.39 is 22.0 Å². The third-order valence-corrected chi connectivity index (χ3v) is 5.41. The molecular formula is C18H21N3O6S. The Hall–Kier alpha value is -2.88. The Morgan fingerprint density at radius 2 is 2.07 bits per heavy atom. The normalized spacial score (nSPS) is 16.3. The van der Waals surface area contributed by atoms with Crippen molar-refractivity contribution in [2.24, 2.45) is 5.92 Å². The highest BCUT2D eigenvalue weighted by atomic mass is 32.2. The summed E-state index contributed by atoms with van der Waals surface area (Å²) in [6.45, 7) is 5.78. The first-order valence-corrected chi connectivity index (χ1v) is 10.3. The monoisotopic (exact) mass is 407 g/mol. The number of carbonyl (C=O) groups is 2. The molecule has 0 saturated heterocycles. The van der Waals surface area contributed by atoms with Gasteiger partial charge in [-0.05, 0) is 37.0 Å². The number of ether oxygens (including phenoxy) is 1. The maximum atomic E-state index is 12.5. The molecule has 0 radical (unpaired) electrons. The van der Waals surface area contributed by atoms with Gasteiger partial charge in [0.25, 0.3) is 15.9 Å². The molecule has 2 N–H and O–H groups in total. The number of amides is 2. The fourth-order valence-corrected chi connectivity index (χ4v) is 3.71. The summed E-state index contributed by atoms with van der Waals surface area (Å²) in [5.74, 6) is -0.797. The second-order valence-electron chi connectivity index (χ2n) is 6.88. The quantitative estimate of drug-likeness (QED) is 0.750. The Labute approximate surface area is 162 Å². The lowest BCUT2D eigenvalue weighted by atomic mass is 10.1. The van der Waals surface area contributed by atoms with Crippen molar-refractivity contribution in [3.05, 3.63) is 35.7 Å². The van der Waals surface area contributed by atoms with E-state index in [0.29, 0.717) is 30.2 Å². The lowest BCUT2D eigenvalue weighted by Gasteiger charge is -2.25. The van der Waals surface area contributed by atoms with Gasteiger partial charge in [0, 0.05) is 6.07 Å². The van der Waals surface area contributed by atoms with Gasteiger partial charge in [-0.3, -0.25) is 9.59 Å². The van der Waals surface area contributed by atoms with E-state index in [-0.39, 0.29) is 22.3 Å². The van der Waals surface area contributed by atoms with Crippen LogP contribution in [0.3, 0.4) is 0 Å². The lowest BCUT2D eigenvalue weighted by molar-refractivity contribution is -0.123. The molecule has 10 heteroatoms. The second kappa shape index (κ2) is 7.63. The number of rotatable bonds is 6. The largest absolute Gasteiger partial charge is 0.478 e. The van der Waals surface area contributed by atoms with Crippen molar-refractivity contribution >= 4 is 27.5 Å². The molecule has 9 nitrogen and oxygen atoms in total. The molecule has 2 heterocycles. The second-order valence-corrected chi connectivity index (χ2v) is 8.56. The topological polar surface area (TPSA) is 128 Å². The van der Waals surface area contributed by atoms with Crippen molar-refractivity contribution in [2.45, 2.75) is 44.6 Å². The average Bonchev–Trinajstić information content (AvgIpc) is 3.08. The van der Waals surface area contributed by atoms with Gasteiger partial charge in [-0.25, -0.2) is 13.1 Å². The standard InChI is InChI=1S/C18H21N3O6S/c1-4-14-17(22)19-13-9-12(5-6-15(13)26-14)28(24,25)21-18(23)16-8-11(20-27-16)7-10(2)3/h5-6,8-10,14H,4,7H2,1-3H3,(H,19,22)(H,21,23)/t14-/m0/s1. The van der Waals surface area contributed by atoms with Crippen molar-refractivity contribution in [1.82, 2.24) is 9.88 Å². The number of aromatic nitrogens is 1. The summed E-state index contributed by atoms with van der Waals surface area (Å²) < 4.78 is 37.5. The minimum atomic E-state index is -4.19. The van der Waals surface area contributed by atoms with Crippen molar-refractivity contribution < 1.29 is 27.3 Å². The number of anilines is 1. The predicted octanol–water partition coefficient (Wildman–Crippen LogP) is 2.10. The molecule has 0 saturated carbocycles. The molecule has 1 aromatic heterocycles. The molecule has 1 aliphatic heterocycles. The molecule has 2 aromatic rings. The molecular weight excluding hydrogens is 386 g/mol. The average molecular weight is 407 g/mol. The Balaban J connectivity index is 1.78. The molecule has 0 unspecified atom stereocenters. The zero-order chi connectivity index (χ0) is 20.5. The van der Waals surface area contributed by atoms with Crippen LogP contribution in [0.5, 0.6) is 5.75 Å². The highest BCUT2D eigenvalue weighted by Crippen LogP contribution is 2.32. The molecule has 2 amide bonds. The summed E-state index contributed by atoms with van der Waals surface area (Å²) in [4.78, 5) is 24.0. The predicted molar refractivity (Wildman–Crippen MR) is 99.5 cm³/mol. The number of sulfonamides is 1. The van der Waals surface area contributed by atoms with E-state index in [9.17, 15) is 18.0 Å². The molecule has 1 atom stereocenters. The van der Waals surface area contributed by atoms with E-state index in [0.717, 1.165) is 0 Å². The lowest BCUT2D eigenvalue weighted by Crippen LogP contribution is -2.36. The van der Waals surface area contributed by atoms with E-state index in [2.05, 4.69) is 10.5 Å². The smallest absolute Gasteiger partial charge is 0.303 e. The number of fused-ring (bicyclic) bond motifs is 1. The van der Waals surface area contributed by atoms with Crippen LogP contribution < -0.4 is 14.8 Å². The zero-order valence-electron chi connectivity index (χ0n) is 15.7. The van der Waals surface area contributed by atoms with Crippen LogP contribution in [-0.2, 0) is 21.2 Å². The van der Waals surface area contributed by atoms with E-state index in [1.165, 1.54) is 24.3 Å². The van der Waals surface area contributed by atoms with E-state index >= 15 is 0 Å². The molecule has 0 fully saturated rings. The van der Waals surface area contributed by atoms with Crippen LogP contribution >= 0.6 is 0 Å². The van der Waals surface area contributed by atoms with Crippen LogP contribution in [0.4, 0.5) is 5.69 Å². The highest BCUT2D eigenvalue weighted by molar-refractivity contribution is 7.90. The molecule has 1 aromatic carbocycles. The third kappa shape index (κ3) is 4.16. The third-order valence-electron chi connectivity index (χ3n) is 4.08. The summed E-state index contributed by atoms with van der Waals surface area (Å²) in [5, 5.41) is 6.38. The number of nitrogens with one attached hydrogen (secondary N) is 2. The number of hydrogen-bond donors (Lipinski definition) is 2. The van der Waals surface area contributed by atoms with Gasteiger partial charge in [-0.15, -0.1) is 0 Å². The van der Waals surface area contributed by atoms with E-state index in [1.54, 1.807) is 6.92 Å². The van der Waals surface area contributed by atoms with Crippen LogP contribution in [0, 0.1) is 5.92 Å². The minimum Gasteiger partial charge on any atom is -0.478 e. The van der Waals surface area contributed by atoms with Crippen LogP contribution in [-0.4, -0.2) is 31.5 Å². The summed E-state index contributed by atoms with van der Waals surface area (Å²) >= 11 is 0. The Morgan fingerprint density at radius 3 is 2.75 bits per heavy atom. The van der Waals surface area contributed by atoms with Gasteiger partial charge in [-0.1, -0.05) is 25.9 Å². The molecule has 0 aliphatic carbocycles. The fourth-order valence-electron chi connectivity index (χ4n) is 2.73. The van der Waals surface area contributed by atoms with Crippen molar-refractivity contribution in [3.63, 3.8) is 0 Å². The number of benzene rings is 1. The summed E-state index contributed by atoms with van der Waals surface area (Å²) in [7, 11) is -4.19. The molecule has 0 bridgehead atoms. The van der Waals surface area contributed by atoms with Gasteiger partial charge >= 0.3 is 5.91 Å². The number of nitrogens with zero attached hydrogens (tertiary/aromatic N) is 1. The van der Waals surface area contributed by atoms with Gasteiger partial charge < -0.3 is 14.6 Å². The zero-order valence-corrected chi connectivity index (χ0v) is 16.5. The molecule has 1 aliphatic rings. The molecule has 3 rings (SSSR count). The molecule has 150 valence electrons. The Morgan fingerprint density at radius 1 is 1.32 bits per heavy atom. The Bertz CT molecular complexity index is 1010. The first-order chi connectivity index (χ1) is 13.2. The number of hydrogen-bond acceptors (Lipinski definition) is 7. The van der Waals surface area contributed by atoms with Crippen LogP contribution in [0.2, 0.25) is 0 Å². The van der Waals surface area contributed by atoms with Crippen LogP contribution in [0.15, 0.2) is 33.7 Å². The number of carbonyl (C=O) groups excluding carboxylic acids is 2. The highest BCUT2D eigenvalue weighted by Gasteiger charge is 2.28. The maximum absolute atomic E-state index is 12.5.